The lowest BCUT2D eigenvalue weighted by Gasteiger charge is -2.14. The molecule has 1 amide bonds. The van der Waals surface area contributed by atoms with Gasteiger partial charge in [0, 0.05) is 12.7 Å². The molecule has 0 aliphatic carbocycles. The third kappa shape index (κ3) is 4.38. The maximum Gasteiger partial charge on any atom is 0.344 e. The van der Waals surface area contributed by atoms with Gasteiger partial charge in [0.25, 0.3) is 5.91 Å². The average molecular weight is 278 g/mol. The number of amides is 1. The van der Waals surface area contributed by atoms with Crippen LogP contribution in [0.4, 0.5) is 0 Å². The summed E-state index contributed by atoms with van der Waals surface area (Å²) >= 11 is 0. The molecular weight excluding hydrogens is 260 g/mol. The van der Waals surface area contributed by atoms with Crippen molar-refractivity contribution in [1.29, 1.82) is 0 Å². The minimum atomic E-state index is -0.905. The van der Waals surface area contributed by atoms with Gasteiger partial charge < -0.3 is 14.8 Å². The summed E-state index contributed by atoms with van der Waals surface area (Å²) in [4.78, 5) is 27.5. The number of pyridine rings is 1. The van der Waals surface area contributed by atoms with Crippen LogP contribution in [0, 0.1) is 0 Å². The quantitative estimate of drug-likeness (QED) is 0.601. The number of ether oxygens (including phenoxy) is 2. The highest BCUT2D eigenvalue weighted by molar-refractivity contribution is 5.94. The van der Waals surface area contributed by atoms with Crippen molar-refractivity contribution in [3.8, 4) is 5.88 Å². The second-order valence-corrected chi connectivity index (χ2v) is 3.87. The number of carbonyl (C=O) groups is 2. The average Bonchev–Trinajstić information content (AvgIpc) is 2.45. The highest BCUT2D eigenvalue weighted by Crippen LogP contribution is 2.16. The monoisotopic (exact) mass is 278 g/mol. The largest absolute Gasteiger partial charge is 0.477 e. The predicted octanol–water partition coefficient (Wildman–Crippen LogP) is 1.33. The maximum absolute atomic E-state index is 12.0. The van der Waals surface area contributed by atoms with Crippen LogP contribution in [-0.2, 0) is 9.53 Å². The van der Waals surface area contributed by atoms with E-state index in [1.54, 1.807) is 19.1 Å². The smallest absolute Gasteiger partial charge is 0.344 e. The zero-order chi connectivity index (χ0) is 15.0. The third-order valence-electron chi connectivity index (χ3n) is 2.35. The van der Waals surface area contributed by atoms with Crippen molar-refractivity contribution in [2.24, 2.45) is 0 Å². The number of esters is 1. The Labute approximate surface area is 117 Å². The Bertz CT molecular complexity index is 488. The number of hydrogen-bond acceptors (Lipinski definition) is 5. The SMILES string of the molecule is C=CCNC(=O)C(C)OC(=O)c1cccnc1OCC. The molecule has 0 spiro atoms. The fourth-order valence-corrected chi connectivity index (χ4v) is 1.39. The molecule has 1 aromatic heterocycles. The second-order valence-electron chi connectivity index (χ2n) is 3.87. The van der Waals surface area contributed by atoms with E-state index in [4.69, 9.17) is 9.47 Å². The Kier molecular flexibility index (Phi) is 6.22. The molecular formula is C14H18N2O4. The van der Waals surface area contributed by atoms with Crippen molar-refractivity contribution in [3.63, 3.8) is 0 Å². The zero-order valence-electron chi connectivity index (χ0n) is 11.6. The van der Waals surface area contributed by atoms with Gasteiger partial charge in [-0.1, -0.05) is 6.08 Å². The van der Waals surface area contributed by atoms with E-state index in [-0.39, 0.29) is 17.4 Å². The van der Waals surface area contributed by atoms with Crippen molar-refractivity contribution in [2.45, 2.75) is 20.0 Å². The second kappa shape index (κ2) is 7.93. The summed E-state index contributed by atoms with van der Waals surface area (Å²) in [6.45, 7) is 7.46. The lowest BCUT2D eigenvalue weighted by atomic mass is 10.2. The van der Waals surface area contributed by atoms with Gasteiger partial charge >= 0.3 is 5.97 Å². The first kappa shape index (κ1) is 15.7. The predicted molar refractivity (Wildman–Crippen MR) is 73.5 cm³/mol. The molecule has 6 nitrogen and oxygen atoms in total. The number of rotatable bonds is 7. The number of hydrogen-bond donors (Lipinski definition) is 1. The Hall–Kier alpha value is -2.37. The van der Waals surface area contributed by atoms with Gasteiger partial charge in [-0.25, -0.2) is 9.78 Å². The number of nitrogens with one attached hydrogen (secondary N) is 1. The van der Waals surface area contributed by atoms with Crippen molar-refractivity contribution in [1.82, 2.24) is 10.3 Å². The minimum Gasteiger partial charge on any atom is -0.477 e. The van der Waals surface area contributed by atoms with Crippen LogP contribution in [0.15, 0.2) is 31.0 Å². The first-order valence-electron chi connectivity index (χ1n) is 6.27. The topological polar surface area (TPSA) is 77.5 Å². The zero-order valence-corrected chi connectivity index (χ0v) is 11.6. The highest BCUT2D eigenvalue weighted by atomic mass is 16.5. The van der Waals surface area contributed by atoms with E-state index in [1.165, 1.54) is 19.2 Å². The molecule has 0 aromatic carbocycles. The van der Waals surface area contributed by atoms with Gasteiger partial charge in [0.2, 0.25) is 5.88 Å². The van der Waals surface area contributed by atoms with Gasteiger partial charge in [0.15, 0.2) is 6.10 Å². The molecule has 1 rings (SSSR count). The van der Waals surface area contributed by atoms with Crippen molar-refractivity contribution in [2.75, 3.05) is 13.2 Å². The van der Waals surface area contributed by atoms with Crippen LogP contribution < -0.4 is 10.1 Å². The normalized spacial score (nSPS) is 11.3. The first-order chi connectivity index (χ1) is 9.60. The van der Waals surface area contributed by atoms with Crippen LogP contribution in [0.2, 0.25) is 0 Å². The Morgan fingerprint density at radius 3 is 2.95 bits per heavy atom. The molecule has 0 aliphatic heterocycles. The molecule has 1 aromatic rings. The Morgan fingerprint density at radius 2 is 2.30 bits per heavy atom. The lowest BCUT2D eigenvalue weighted by Crippen LogP contribution is -2.35. The first-order valence-corrected chi connectivity index (χ1v) is 6.27. The van der Waals surface area contributed by atoms with Crippen LogP contribution in [-0.4, -0.2) is 36.1 Å². The molecule has 0 aliphatic rings. The van der Waals surface area contributed by atoms with Crippen LogP contribution >= 0.6 is 0 Å². The Morgan fingerprint density at radius 1 is 1.55 bits per heavy atom. The van der Waals surface area contributed by atoms with E-state index < -0.39 is 12.1 Å². The molecule has 1 atom stereocenters. The van der Waals surface area contributed by atoms with Crippen molar-refractivity contribution >= 4 is 11.9 Å². The molecule has 1 unspecified atom stereocenters. The molecule has 1 heterocycles. The van der Waals surface area contributed by atoms with Gasteiger partial charge in [-0.05, 0) is 26.0 Å². The molecule has 0 bridgehead atoms. The van der Waals surface area contributed by atoms with Crippen LogP contribution in [0.1, 0.15) is 24.2 Å². The summed E-state index contributed by atoms with van der Waals surface area (Å²) in [5.74, 6) is -0.846. The van der Waals surface area contributed by atoms with Gasteiger partial charge in [0.1, 0.15) is 5.56 Å². The van der Waals surface area contributed by atoms with Gasteiger partial charge in [-0.3, -0.25) is 4.79 Å². The maximum atomic E-state index is 12.0. The summed E-state index contributed by atoms with van der Waals surface area (Å²) in [5.41, 5.74) is 0.192. The summed E-state index contributed by atoms with van der Waals surface area (Å²) in [7, 11) is 0. The summed E-state index contributed by atoms with van der Waals surface area (Å²) in [5, 5.41) is 2.55. The van der Waals surface area contributed by atoms with E-state index in [0.29, 0.717) is 13.2 Å². The molecule has 0 saturated carbocycles. The van der Waals surface area contributed by atoms with Crippen LogP contribution in [0.5, 0.6) is 5.88 Å². The van der Waals surface area contributed by atoms with Crippen molar-refractivity contribution < 1.29 is 19.1 Å². The van der Waals surface area contributed by atoms with Crippen LogP contribution in [0.3, 0.4) is 0 Å². The molecule has 20 heavy (non-hydrogen) atoms. The highest BCUT2D eigenvalue weighted by Gasteiger charge is 2.21. The van der Waals surface area contributed by atoms with Gasteiger partial charge in [0.05, 0.1) is 6.61 Å². The third-order valence-corrected chi connectivity index (χ3v) is 2.35. The fourth-order valence-electron chi connectivity index (χ4n) is 1.39. The van der Waals surface area contributed by atoms with Gasteiger partial charge in [-0.15, -0.1) is 6.58 Å². The number of aromatic nitrogens is 1. The summed E-state index contributed by atoms with van der Waals surface area (Å²) < 4.78 is 10.3. The molecule has 0 saturated heterocycles. The molecule has 1 N–H and O–H groups in total. The van der Waals surface area contributed by atoms with Crippen LogP contribution in [0.25, 0.3) is 0 Å². The molecule has 6 heteroatoms. The van der Waals surface area contributed by atoms with E-state index in [1.807, 2.05) is 0 Å². The summed E-state index contributed by atoms with van der Waals surface area (Å²) in [6, 6.07) is 3.14. The van der Waals surface area contributed by atoms with E-state index >= 15 is 0 Å². The van der Waals surface area contributed by atoms with E-state index in [2.05, 4.69) is 16.9 Å². The van der Waals surface area contributed by atoms with E-state index in [0.717, 1.165) is 0 Å². The lowest BCUT2D eigenvalue weighted by molar-refractivity contribution is -0.128. The van der Waals surface area contributed by atoms with Gasteiger partial charge in [-0.2, -0.15) is 0 Å². The fraction of sp³-hybridized carbons (Fsp3) is 0.357. The molecule has 0 radical (unpaired) electrons. The van der Waals surface area contributed by atoms with E-state index in [9.17, 15) is 9.59 Å². The molecule has 0 fully saturated rings. The number of carbonyl (C=O) groups excluding carboxylic acids is 2. The standard InChI is InChI=1S/C14H18N2O4/c1-4-8-15-12(17)10(3)20-14(18)11-7-6-9-16-13(11)19-5-2/h4,6-7,9-10H,1,5,8H2,2-3H3,(H,15,17). The number of nitrogens with zero attached hydrogens (tertiary/aromatic N) is 1. The Balaban J connectivity index is 2.71. The minimum absolute atomic E-state index is 0.192. The van der Waals surface area contributed by atoms with Crippen molar-refractivity contribution in [3.05, 3.63) is 36.5 Å². The summed E-state index contributed by atoms with van der Waals surface area (Å²) in [6.07, 6.45) is 2.15. The molecule has 108 valence electrons.